The molecule has 1 aliphatic rings. The van der Waals surface area contributed by atoms with Gasteiger partial charge in [0.15, 0.2) is 5.78 Å². The van der Waals surface area contributed by atoms with Gasteiger partial charge in [0.1, 0.15) is 17.5 Å². The summed E-state index contributed by atoms with van der Waals surface area (Å²) in [6.45, 7) is 2.77. The van der Waals surface area contributed by atoms with Gasteiger partial charge in [-0.05, 0) is 19.8 Å². The number of benzene rings is 1. The average Bonchev–Trinajstić information content (AvgIpc) is 3.23. The van der Waals surface area contributed by atoms with Crippen LogP contribution in [0.15, 0.2) is 41.2 Å². The highest BCUT2D eigenvalue weighted by molar-refractivity contribution is 5.97. The van der Waals surface area contributed by atoms with Crippen molar-refractivity contribution in [2.24, 2.45) is 0 Å². The minimum absolute atomic E-state index is 0.144. The van der Waals surface area contributed by atoms with Gasteiger partial charge in [-0.25, -0.2) is 4.98 Å². The maximum absolute atomic E-state index is 12.6. The minimum Gasteiger partial charge on any atom is -0.352 e. The van der Waals surface area contributed by atoms with E-state index in [0.717, 1.165) is 41.8 Å². The fraction of sp³-hybridized carbons (Fsp3) is 0.333. The van der Waals surface area contributed by atoms with Crippen LogP contribution in [0, 0.1) is 6.92 Å². The first kappa shape index (κ1) is 14.8. The lowest BCUT2D eigenvalue weighted by atomic mass is 10.0. The van der Waals surface area contributed by atoms with Crippen LogP contribution in [0.1, 0.15) is 35.3 Å². The third-order valence-corrected chi connectivity index (χ3v) is 4.59. The van der Waals surface area contributed by atoms with Crippen LogP contribution in [-0.2, 0) is 0 Å². The summed E-state index contributed by atoms with van der Waals surface area (Å²) in [5.74, 6) is 0.988. The number of anilines is 1. The number of aromatic nitrogens is 3. The number of carbonyl (C=O) groups excluding carboxylic acids is 1. The predicted molar refractivity (Wildman–Crippen MR) is 90.1 cm³/mol. The molecule has 1 aromatic carbocycles. The second kappa shape index (κ2) is 6.03. The van der Waals surface area contributed by atoms with Crippen molar-refractivity contribution in [3.63, 3.8) is 0 Å². The summed E-state index contributed by atoms with van der Waals surface area (Å²) in [5.41, 5.74) is 2.04. The molecule has 4 rings (SSSR count). The van der Waals surface area contributed by atoms with Crippen LogP contribution in [0.2, 0.25) is 0 Å². The van der Waals surface area contributed by atoms with Crippen LogP contribution < -0.4 is 4.90 Å². The van der Waals surface area contributed by atoms with Crippen LogP contribution in [0.25, 0.3) is 11.1 Å². The van der Waals surface area contributed by atoms with Crippen molar-refractivity contribution in [1.82, 2.24) is 15.1 Å². The number of nitrogens with zero attached hydrogens (tertiary/aromatic N) is 4. The Labute approximate surface area is 139 Å². The van der Waals surface area contributed by atoms with Crippen molar-refractivity contribution in [3.8, 4) is 0 Å². The van der Waals surface area contributed by atoms with Crippen LogP contribution in [0.5, 0.6) is 0 Å². The first-order valence-corrected chi connectivity index (χ1v) is 8.16. The van der Waals surface area contributed by atoms with E-state index in [9.17, 15) is 4.79 Å². The molecule has 0 N–H and O–H groups in total. The maximum atomic E-state index is 12.6. The van der Waals surface area contributed by atoms with E-state index in [1.54, 1.807) is 0 Å². The van der Waals surface area contributed by atoms with Crippen LogP contribution >= 0.6 is 0 Å². The molecule has 1 aliphatic heterocycles. The summed E-state index contributed by atoms with van der Waals surface area (Å²) in [4.78, 5) is 23.4. The molecule has 0 spiro atoms. The van der Waals surface area contributed by atoms with E-state index < -0.39 is 0 Å². The zero-order valence-electron chi connectivity index (χ0n) is 13.5. The zero-order valence-corrected chi connectivity index (χ0v) is 13.5. The molecule has 0 aliphatic carbocycles. The summed E-state index contributed by atoms with van der Waals surface area (Å²) in [7, 11) is 0. The molecule has 1 fully saturated rings. The highest BCUT2D eigenvalue weighted by atomic mass is 16.5. The van der Waals surface area contributed by atoms with Gasteiger partial charge in [0.05, 0.1) is 5.69 Å². The van der Waals surface area contributed by atoms with Crippen molar-refractivity contribution in [1.29, 1.82) is 0 Å². The van der Waals surface area contributed by atoms with Gasteiger partial charge >= 0.3 is 0 Å². The topological polar surface area (TPSA) is 72.1 Å². The normalized spacial score (nSPS) is 17.5. The van der Waals surface area contributed by atoms with Gasteiger partial charge in [0.2, 0.25) is 0 Å². The van der Waals surface area contributed by atoms with Crippen LogP contribution in [-0.4, -0.2) is 33.5 Å². The molecule has 1 atom stereocenters. The van der Waals surface area contributed by atoms with Crippen molar-refractivity contribution < 1.29 is 9.32 Å². The Bertz CT molecular complexity index is 875. The van der Waals surface area contributed by atoms with Crippen LogP contribution in [0.4, 0.5) is 5.82 Å². The largest absolute Gasteiger partial charge is 0.352 e. The van der Waals surface area contributed by atoms with Crippen LogP contribution in [0.3, 0.4) is 0 Å². The van der Waals surface area contributed by atoms with Crippen molar-refractivity contribution in [2.75, 3.05) is 11.4 Å². The Kier molecular flexibility index (Phi) is 3.72. The first-order chi connectivity index (χ1) is 11.7. The summed E-state index contributed by atoms with van der Waals surface area (Å²) >= 11 is 0. The molecule has 0 unspecified atom stereocenters. The van der Waals surface area contributed by atoms with Gasteiger partial charge in [-0.15, -0.1) is 0 Å². The molecule has 0 bridgehead atoms. The Morgan fingerprint density at radius 3 is 2.96 bits per heavy atom. The standard InChI is InChI=1S/C18H18N4O2/c1-12-16-17(19-11-20-18(16)24-21-12)22-9-5-8-14(22)10-15(23)13-6-3-2-4-7-13/h2-4,6-7,11,14H,5,8-10H2,1H3/t14-/m0/s1. The molecule has 3 aromatic rings. The highest BCUT2D eigenvalue weighted by Gasteiger charge is 2.30. The molecule has 3 heterocycles. The Morgan fingerprint density at radius 2 is 2.12 bits per heavy atom. The molecule has 2 aromatic heterocycles. The molecule has 1 saturated heterocycles. The lowest BCUT2D eigenvalue weighted by Crippen LogP contribution is -2.32. The quantitative estimate of drug-likeness (QED) is 0.687. The van der Waals surface area contributed by atoms with Gasteiger partial charge in [0, 0.05) is 24.6 Å². The highest BCUT2D eigenvalue weighted by Crippen LogP contribution is 2.32. The zero-order chi connectivity index (χ0) is 16.5. The number of aryl methyl sites for hydroxylation is 1. The fourth-order valence-corrected chi connectivity index (χ4v) is 3.40. The summed E-state index contributed by atoms with van der Waals surface area (Å²) < 4.78 is 5.24. The SMILES string of the molecule is Cc1noc2ncnc(N3CCC[C@H]3CC(=O)c3ccccc3)c12. The van der Waals surface area contributed by atoms with Crippen molar-refractivity contribution in [3.05, 3.63) is 47.9 Å². The summed E-state index contributed by atoms with van der Waals surface area (Å²) in [6.07, 6.45) is 4.01. The molecule has 122 valence electrons. The number of fused-ring (bicyclic) bond motifs is 1. The van der Waals surface area contributed by atoms with E-state index in [1.807, 2.05) is 37.3 Å². The number of ketones is 1. The van der Waals surface area contributed by atoms with Gasteiger partial charge in [-0.3, -0.25) is 4.79 Å². The number of Topliss-reactive ketones (excluding diaryl/α,β-unsaturated/α-hetero) is 1. The number of carbonyl (C=O) groups is 1. The van der Waals surface area contributed by atoms with E-state index in [-0.39, 0.29) is 11.8 Å². The first-order valence-electron chi connectivity index (χ1n) is 8.16. The van der Waals surface area contributed by atoms with Crippen molar-refractivity contribution >= 4 is 22.7 Å². The monoisotopic (exact) mass is 322 g/mol. The minimum atomic E-state index is 0.144. The Balaban J connectivity index is 1.63. The predicted octanol–water partition coefficient (Wildman–Crippen LogP) is 3.17. The fourth-order valence-electron chi connectivity index (χ4n) is 3.40. The van der Waals surface area contributed by atoms with Gasteiger partial charge in [-0.2, -0.15) is 4.98 Å². The average molecular weight is 322 g/mol. The second-order valence-electron chi connectivity index (χ2n) is 6.13. The second-order valence-corrected chi connectivity index (χ2v) is 6.13. The van der Waals surface area contributed by atoms with E-state index in [1.165, 1.54) is 6.33 Å². The molecular formula is C18H18N4O2. The third kappa shape index (κ3) is 2.54. The lowest BCUT2D eigenvalue weighted by molar-refractivity contribution is 0.0974. The number of rotatable bonds is 4. The van der Waals surface area contributed by atoms with Gasteiger partial charge in [-0.1, -0.05) is 35.5 Å². The molecule has 24 heavy (non-hydrogen) atoms. The van der Waals surface area contributed by atoms with E-state index in [0.29, 0.717) is 12.1 Å². The van der Waals surface area contributed by atoms with Gasteiger partial charge in [0.25, 0.3) is 5.71 Å². The summed E-state index contributed by atoms with van der Waals surface area (Å²) in [5, 5.41) is 4.83. The van der Waals surface area contributed by atoms with E-state index >= 15 is 0 Å². The molecule has 0 amide bonds. The molecule has 0 saturated carbocycles. The molecular weight excluding hydrogens is 304 g/mol. The van der Waals surface area contributed by atoms with Gasteiger partial charge < -0.3 is 9.42 Å². The molecule has 6 heteroatoms. The maximum Gasteiger partial charge on any atom is 0.263 e. The smallest absolute Gasteiger partial charge is 0.263 e. The van der Waals surface area contributed by atoms with E-state index in [4.69, 9.17) is 4.52 Å². The Hall–Kier alpha value is -2.76. The van der Waals surface area contributed by atoms with Crippen molar-refractivity contribution in [2.45, 2.75) is 32.2 Å². The number of hydrogen-bond donors (Lipinski definition) is 0. The molecule has 6 nitrogen and oxygen atoms in total. The summed E-state index contributed by atoms with van der Waals surface area (Å²) in [6, 6.07) is 9.60. The lowest BCUT2D eigenvalue weighted by Gasteiger charge is -2.25. The number of hydrogen-bond acceptors (Lipinski definition) is 6. The molecule has 0 radical (unpaired) electrons. The third-order valence-electron chi connectivity index (χ3n) is 4.59. The van der Waals surface area contributed by atoms with E-state index in [2.05, 4.69) is 20.0 Å². The Morgan fingerprint density at radius 1 is 1.29 bits per heavy atom.